The van der Waals surface area contributed by atoms with Crippen LogP contribution in [0.2, 0.25) is 5.02 Å². The molecule has 0 saturated heterocycles. The molecule has 2 aromatic rings. The molecule has 138 valence electrons. The van der Waals surface area contributed by atoms with E-state index in [-0.39, 0.29) is 0 Å². The van der Waals surface area contributed by atoms with Gasteiger partial charge in [-0.1, -0.05) is 42.8 Å². The van der Waals surface area contributed by atoms with Gasteiger partial charge in [0.2, 0.25) is 0 Å². The zero-order valence-electron chi connectivity index (χ0n) is 14.4. The monoisotopic (exact) mass is 377 g/mol. The third-order valence-corrected chi connectivity index (χ3v) is 4.06. The molecule has 0 aliphatic carbocycles. The molecule has 2 aromatic carbocycles. The fourth-order valence-corrected chi connectivity index (χ4v) is 2.52. The van der Waals surface area contributed by atoms with E-state index < -0.39 is 24.0 Å². The smallest absolute Gasteiger partial charge is 0.330 e. The lowest BCUT2D eigenvalue weighted by molar-refractivity contribution is -0.143. The van der Waals surface area contributed by atoms with Crippen LogP contribution in [0.3, 0.4) is 0 Å². The molecule has 0 spiro atoms. The molecule has 7 heteroatoms. The Labute approximate surface area is 156 Å². The first-order chi connectivity index (χ1) is 12.5. The Morgan fingerprint density at radius 1 is 1.15 bits per heavy atom. The van der Waals surface area contributed by atoms with E-state index in [0.717, 1.165) is 0 Å². The Bertz CT molecular complexity index is 763. The highest BCUT2D eigenvalue weighted by Crippen LogP contribution is 2.25. The fourth-order valence-electron chi connectivity index (χ4n) is 2.34. The number of carboxylic acid groups (broad SMARTS) is 1. The number of benzene rings is 2. The molecule has 0 heterocycles. The molecule has 26 heavy (non-hydrogen) atoms. The van der Waals surface area contributed by atoms with Crippen molar-refractivity contribution in [1.82, 2.24) is 5.32 Å². The van der Waals surface area contributed by atoms with Gasteiger partial charge in [0.15, 0.2) is 12.1 Å². The number of rotatable bonds is 8. The Kier molecular flexibility index (Phi) is 6.86. The van der Waals surface area contributed by atoms with Crippen LogP contribution in [0.25, 0.3) is 0 Å². The van der Waals surface area contributed by atoms with Gasteiger partial charge in [-0.3, -0.25) is 4.79 Å². The maximum Gasteiger partial charge on any atom is 0.330 e. The second-order valence-electron chi connectivity index (χ2n) is 5.50. The van der Waals surface area contributed by atoms with Gasteiger partial charge in [0.05, 0.1) is 12.1 Å². The van der Waals surface area contributed by atoms with Crippen molar-refractivity contribution in [2.75, 3.05) is 7.11 Å². The first kappa shape index (κ1) is 19.6. The molecule has 6 nitrogen and oxygen atoms in total. The summed E-state index contributed by atoms with van der Waals surface area (Å²) in [5, 5.41) is 12.4. The topological polar surface area (TPSA) is 84.9 Å². The van der Waals surface area contributed by atoms with Crippen LogP contribution >= 0.6 is 11.6 Å². The number of amides is 1. The summed E-state index contributed by atoms with van der Waals surface area (Å²) in [6.45, 7) is 1.77. The lowest BCUT2D eigenvalue weighted by atomic mass is 10.1. The van der Waals surface area contributed by atoms with Crippen LogP contribution in [0, 0.1) is 0 Å². The van der Waals surface area contributed by atoms with Crippen LogP contribution in [-0.2, 0) is 9.59 Å². The lowest BCUT2D eigenvalue weighted by Gasteiger charge is -2.21. The number of para-hydroxylation sites is 1. The number of carbonyl (C=O) groups excluding carboxylic acids is 1. The predicted molar refractivity (Wildman–Crippen MR) is 97.7 cm³/mol. The average Bonchev–Trinajstić information content (AvgIpc) is 2.65. The summed E-state index contributed by atoms with van der Waals surface area (Å²) in [6, 6.07) is 12.0. The van der Waals surface area contributed by atoms with Gasteiger partial charge in [-0.05, 0) is 36.2 Å². The first-order valence-electron chi connectivity index (χ1n) is 8.04. The van der Waals surface area contributed by atoms with Gasteiger partial charge in [-0.25, -0.2) is 4.79 Å². The SMILES string of the molecule is CCC(Oc1ccccc1Cl)C(=O)NC(C(=O)O)c1ccc(OC)cc1. The van der Waals surface area contributed by atoms with Crippen LogP contribution in [0.5, 0.6) is 11.5 Å². The van der Waals surface area contributed by atoms with Crippen molar-refractivity contribution in [3.63, 3.8) is 0 Å². The van der Waals surface area contributed by atoms with Gasteiger partial charge in [0.25, 0.3) is 5.91 Å². The van der Waals surface area contributed by atoms with E-state index >= 15 is 0 Å². The van der Waals surface area contributed by atoms with Gasteiger partial charge < -0.3 is 19.9 Å². The molecule has 0 fully saturated rings. The van der Waals surface area contributed by atoms with E-state index in [0.29, 0.717) is 28.5 Å². The number of carboxylic acids is 1. The minimum absolute atomic E-state index is 0.353. The third-order valence-electron chi connectivity index (χ3n) is 3.75. The number of methoxy groups -OCH3 is 1. The third kappa shape index (κ3) is 4.89. The van der Waals surface area contributed by atoms with Crippen LogP contribution in [-0.4, -0.2) is 30.2 Å². The number of nitrogens with one attached hydrogen (secondary N) is 1. The summed E-state index contributed by atoms with van der Waals surface area (Å²) in [4.78, 5) is 24.1. The zero-order valence-corrected chi connectivity index (χ0v) is 15.2. The van der Waals surface area contributed by atoms with Crippen molar-refractivity contribution in [2.45, 2.75) is 25.5 Å². The van der Waals surface area contributed by atoms with Gasteiger partial charge in [-0.15, -0.1) is 0 Å². The molecule has 0 radical (unpaired) electrons. The highest BCUT2D eigenvalue weighted by atomic mass is 35.5. The Morgan fingerprint density at radius 2 is 1.81 bits per heavy atom. The summed E-state index contributed by atoms with van der Waals surface area (Å²) >= 11 is 6.05. The van der Waals surface area contributed by atoms with E-state index in [9.17, 15) is 14.7 Å². The zero-order chi connectivity index (χ0) is 19.1. The van der Waals surface area contributed by atoms with Gasteiger partial charge in [0.1, 0.15) is 11.5 Å². The highest BCUT2D eigenvalue weighted by molar-refractivity contribution is 6.32. The number of carbonyl (C=O) groups is 2. The molecule has 2 rings (SSSR count). The van der Waals surface area contributed by atoms with Crippen molar-refractivity contribution in [3.8, 4) is 11.5 Å². The molecule has 0 aliphatic heterocycles. The van der Waals surface area contributed by atoms with Crippen LogP contribution in [0.15, 0.2) is 48.5 Å². The van der Waals surface area contributed by atoms with E-state index in [1.165, 1.54) is 7.11 Å². The van der Waals surface area contributed by atoms with Crippen molar-refractivity contribution in [3.05, 3.63) is 59.1 Å². The molecule has 1 amide bonds. The van der Waals surface area contributed by atoms with Crippen molar-refractivity contribution in [1.29, 1.82) is 0 Å². The molecule has 0 aliphatic rings. The van der Waals surface area contributed by atoms with Crippen molar-refractivity contribution < 1.29 is 24.2 Å². The summed E-state index contributed by atoms with van der Waals surface area (Å²) in [6.07, 6.45) is -0.513. The molecular weight excluding hydrogens is 358 g/mol. The number of hydrogen-bond donors (Lipinski definition) is 2. The van der Waals surface area contributed by atoms with E-state index in [1.807, 2.05) is 0 Å². The summed E-state index contributed by atoms with van der Waals surface area (Å²) < 4.78 is 10.7. The Hall–Kier alpha value is -2.73. The second-order valence-corrected chi connectivity index (χ2v) is 5.91. The maximum absolute atomic E-state index is 12.5. The largest absolute Gasteiger partial charge is 0.497 e. The van der Waals surface area contributed by atoms with Gasteiger partial charge in [-0.2, -0.15) is 0 Å². The predicted octanol–water partition coefficient (Wildman–Crippen LogP) is 3.45. The molecule has 0 saturated carbocycles. The number of hydrogen-bond acceptors (Lipinski definition) is 4. The normalized spacial score (nSPS) is 12.7. The summed E-state index contributed by atoms with van der Waals surface area (Å²) in [7, 11) is 1.52. The standard InChI is InChI=1S/C19H20ClNO5/c1-3-15(26-16-7-5-4-6-14(16)20)18(22)21-17(19(23)24)12-8-10-13(25-2)11-9-12/h4-11,15,17H,3H2,1-2H3,(H,21,22)(H,23,24). The minimum atomic E-state index is -1.20. The molecule has 2 atom stereocenters. The maximum atomic E-state index is 12.5. The molecule has 2 N–H and O–H groups in total. The summed E-state index contributed by atoms with van der Waals surface area (Å²) in [5.74, 6) is -0.739. The van der Waals surface area contributed by atoms with Crippen LogP contribution in [0.4, 0.5) is 0 Å². The lowest BCUT2D eigenvalue weighted by Crippen LogP contribution is -2.42. The molecule has 0 bridgehead atoms. The first-order valence-corrected chi connectivity index (χ1v) is 8.42. The molecule has 0 aromatic heterocycles. The molecule has 2 unspecified atom stereocenters. The Morgan fingerprint density at radius 3 is 2.35 bits per heavy atom. The number of ether oxygens (including phenoxy) is 2. The highest BCUT2D eigenvalue weighted by Gasteiger charge is 2.27. The fraction of sp³-hybridized carbons (Fsp3) is 0.263. The summed E-state index contributed by atoms with van der Waals surface area (Å²) in [5.41, 5.74) is 0.430. The van der Waals surface area contributed by atoms with E-state index in [1.54, 1.807) is 55.5 Å². The van der Waals surface area contributed by atoms with E-state index in [4.69, 9.17) is 21.1 Å². The van der Waals surface area contributed by atoms with Gasteiger partial charge >= 0.3 is 5.97 Å². The number of aliphatic carboxylic acids is 1. The Balaban J connectivity index is 2.14. The molecular formula is C19H20ClNO5. The van der Waals surface area contributed by atoms with Crippen molar-refractivity contribution in [2.24, 2.45) is 0 Å². The van der Waals surface area contributed by atoms with Crippen LogP contribution < -0.4 is 14.8 Å². The van der Waals surface area contributed by atoms with Crippen LogP contribution in [0.1, 0.15) is 24.9 Å². The quantitative estimate of drug-likeness (QED) is 0.736. The van der Waals surface area contributed by atoms with Crippen molar-refractivity contribution >= 4 is 23.5 Å². The van der Waals surface area contributed by atoms with E-state index in [2.05, 4.69) is 5.32 Å². The second kappa shape index (κ2) is 9.10. The van der Waals surface area contributed by atoms with Gasteiger partial charge in [0, 0.05) is 0 Å². The average molecular weight is 378 g/mol. The minimum Gasteiger partial charge on any atom is -0.497 e. The number of halogens is 1.